The van der Waals surface area contributed by atoms with Crippen molar-refractivity contribution in [2.75, 3.05) is 13.1 Å². The highest BCUT2D eigenvalue weighted by Gasteiger charge is 2.10. The first-order valence-electron chi connectivity index (χ1n) is 6.90. The third-order valence-electron chi connectivity index (χ3n) is 2.88. The fourth-order valence-electron chi connectivity index (χ4n) is 1.82. The van der Waals surface area contributed by atoms with E-state index in [1.54, 1.807) is 6.07 Å². The fourth-order valence-corrected chi connectivity index (χ4v) is 1.82. The molecule has 0 spiro atoms. The standard InChI is InChI=1S/C16H21N3O2/c1-12-7-8-13(5-4-9-17)14(11-12)16(21)19-10-3-2-6-15(18)20/h7-8,11H,2-3,6,9-10,17H2,1H3,(H2,18,20)(H,19,21). The predicted octanol–water partition coefficient (Wildman–Crippen LogP) is 0.691. The maximum atomic E-state index is 12.2. The third kappa shape index (κ3) is 6.11. The number of unbranched alkanes of at least 4 members (excludes halogenated alkanes) is 1. The molecule has 1 aromatic carbocycles. The van der Waals surface area contributed by atoms with Gasteiger partial charge in [-0.05, 0) is 31.9 Å². The average molecular weight is 287 g/mol. The Hall–Kier alpha value is -2.32. The number of carbonyl (C=O) groups is 2. The van der Waals surface area contributed by atoms with Crippen molar-refractivity contribution >= 4 is 11.8 Å². The van der Waals surface area contributed by atoms with E-state index in [4.69, 9.17) is 11.5 Å². The molecule has 0 saturated carbocycles. The number of carbonyl (C=O) groups excluding carboxylic acids is 2. The monoisotopic (exact) mass is 287 g/mol. The Morgan fingerprint density at radius 3 is 2.71 bits per heavy atom. The maximum absolute atomic E-state index is 12.2. The van der Waals surface area contributed by atoms with Gasteiger partial charge in [0.2, 0.25) is 5.91 Å². The summed E-state index contributed by atoms with van der Waals surface area (Å²) in [5, 5.41) is 2.83. The van der Waals surface area contributed by atoms with Crippen molar-refractivity contribution in [3.8, 4) is 11.8 Å². The van der Waals surface area contributed by atoms with Crippen LogP contribution in [-0.4, -0.2) is 24.9 Å². The van der Waals surface area contributed by atoms with E-state index in [2.05, 4.69) is 17.2 Å². The van der Waals surface area contributed by atoms with Crippen LogP contribution in [0.5, 0.6) is 0 Å². The lowest BCUT2D eigenvalue weighted by atomic mass is 10.0. The van der Waals surface area contributed by atoms with Gasteiger partial charge in [-0.2, -0.15) is 0 Å². The Morgan fingerprint density at radius 2 is 2.05 bits per heavy atom. The minimum atomic E-state index is -0.320. The molecule has 2 amide bonds. The van der Waals surface area contributed by atoms with E-state index < -0.39 is 0 Å². The molecule has 0 bridgehead atoms. The van der Waals surface area contributed by atoms with Crippen LogP contribution in [0.4, 0.5) is 0 Å². The largest absolute Gasteiger partial charge is 0.370 e. The number of hydrogen-bond acceptors (Lipinski definition) is 3. The molecule has 112 valence electrons. The molecule has 5 nitrogen and oxygen atoms in total. The van der Waals surface area contributed by atoms with Gasteiger partial charge in [-0.15, -0.1) is 0 Å². The highest BCUT2D eigenvalue weighted by Crippen LogP contribution is 2.11. The Labute approximate surface area is 125 Å². The second kappa shape index (κ2) is 8.77. The van der Waals surface area contributed by atoms with Gasteiger partial charge in [-0.3, -0.25) is 9.59 Å². The van der Waals surface area contributed by atoms with Gasteiger partial charge in [0.05, 0.1) is 12.1 Å². The molecule has 0 saturated heterocycles. The van der Waals surface area contributed by atoms with E-state index in [-0.39, 0.29) is 18.4 Å². The minimum absolute atomic E-state index is 0.168. The van der Waals surface area contributed by atoms with E-state index in [0.29, 0.717) is 36.9 Å². The lowest BCUT2D eigenvalue weighted by Crippen LogP contribution is -2.25. The van der Waals surface area contributed by atoms with Crippen molar-refractivity contribution in [1.29, 1.82) is 0 Å². The number of primary amides is 1. The molecule has 21 heavy (non-hydrogen) atoms. The Bertz CT molecular complexity index is 571. The van der Waals surface area contributed by atoms with Crippen LogP contribution in [0, 0.1) is 18.8 Å². The van der Waals surface area contributed by atoms with Crippen molar-refractivity contribution in [3.05, 3.63) is 34.9 Å². The molecule has 5 heteroatoms. The first-order valence-corrected chi connectivity index (χ1v) is 6.90. The van der Waals surface area contributed by atoms with E-state index in [0.717, 1.165) is 5.56 Å². The van der Waals surface area contributed by atoms with Gasteiger partial charge in [-0.1, -0.05) is 23.5 Å². The molecule has 5 N–H and O–H groups in total. The van der Waals surface area contributed by atoms with Gasteiger partial charge in [0.15, 0.2) is 0 Å². The highest BCUT2D eigenvalue weighted by molar-refractivity contribution is 5.96. The van der Waals surface area contributed by atoms with Crippen molar-refractivity contribution < 1.29 is 9.59 Å². The van der Waals surface area contributed by atoms with Crippen molar-refractivity contribution in [3.63, 3.8) is 0 Å². The van der Waals surface area contributed by atoms with Gasteiger partial charge in [-0.25, -0.2) is 0 Å². The second-order valence-electron chi connectivity index (χ2n) is 4.73. The summed E-state index contributed by atoms with van der Waals surface area (Å²) in [6.45, 7) is 2.68. The lowest BCUT2D eigenvalue weighted by molar-refractivity contribution is -0.118. The number of aryl methyl sites for hydroxylation is 1. The van der Waals surface area contributed by atoms with Crippen LogP contribution in [-0.2, 0) is 4.79 Å². The molecule has 0 atom stereocenters. The zero-order valence-electron chi connectivity index (χ0n) is 12.2. The summed E-state index contributed by atoms with van der Waals surface area (Å²) in [6, 6.07) is 5.53. The quantitative estimate of drug-likeness (QED) is 0.530. The number of nitrogens with two attached hydrogens (primary N) is 2. The average Bonchev–Trinajstić information content (AvgIpc) is 2.45. The van der Waals surface area contributed by atoms with Crippen molar-refractivity contribution in [2.24, 2.45) is 11.5 Å². The Kier molecular flexibility index (Phi) is 6.99. The molecular weight excluding hydrogens is 266 g/mol. The lowest BCUT2D eigenvalue weighted by Gasteiger charge is -2.08. The molecule has 0 aromatic heterocycles. The van der Waals surface area contributed by atoms with Crippen LogP contribution < -0.4 is 16.8 Å². The number of amides is 2. The van der Waals surface area contributed by atoms with E-state index in [9.17, 15) is 9.59 Å². The highest BCUT2D eigenvalue weighted by atomic mass is 16.2. The van der Waals surface area contributed by atoms with Crippen molar-refractivity contribution in [2.45, 2.75) is 26.2 Å². The molecule has 0 heterocycles. The maximum Gasteiger partial charge on any atom is 0.252 e. The van der Waals surface area contributed by atoms with Crippen molar-refractivity contribution in [1.82, 2.24) is 5.32 Å². The second-order valence-corrected chi connectivity index (χ2v) is 4.73. The van der Waals surface area contributed by atoms with E-state index >= 15 is 0 Å². The zero-order chi connectivity index (χ0) is 15.7. The Balaban J connectivity index is 2.64. The molecule has 1 rings (SSSR count). The van der Waals surface area contributed by atoms with Crippen LogP contribution in [0.3, 0.4) is 0 Å². The molecule has 1 aromatic rings. The van der Waals surface area contributed by atoms with E-state index in [1.165, 1.54) is 0 Å². The summed E-state index contributed by atoms with van der Waals surface area (Å²) in [7, 11) is 0. The van der Waals surface area contributed by atoms with Gasteiger partial charge in [0.1, 0.15) is 0 Å². The smallest absolute Gasteiger partial charge is 0.252 e. The summed E-state index contributed by atoms with van der Waals surface area (Å²) >= 11 is 0. The summed E-state index contributed by atoms with van der Waals surface area (Å²) in [5.41, 5.74) is 12.6. The molecule has 0 aliphatic heterocycles. The van der Waals surface area contributed by atoms with Gasteiger partial charge >= 0.3 is 0 Å². The van der Waals surface area contributed by atoms with Crippen LogP contribution in [0.1, 0.15) is 40.7 Å². The first kappa shape index (κ1) is 16.7. The van der Waals surface area contributed by atoms with Crippen LogP contribution in [0.2, 0.25) is 0 Å². The molecule has 0 aliphatic carbocycles. The fraction of sp³-hybridized carbons (Fsp3) is 0.375. The Morgan fingerprint density at radius 1 is 1.29 bits per heavy atom. The molecule has 0 radical (unpaired) electrons. The molecule has 0 aliphatic rings. The normalized spacial score (nSPS) is 9.62. The predicted molar refractivity (Wildman–Crippen MR) is 82.5 cm³/mol. The van der Waals surface area contributed by atoms with Crippen LogP contribution in [0.15, 0.2) is 18.2 Å². The third-order valence-corrected chi connectivity index (χ3v) is 2.88. The number of hydrogen-bond donors (Lipinski definition) is 3. The summed E-state index contributed by atoms with van der Waals surface area (Å²) in [6.07, 6.45) is 1.72. The SMILES string of the molecule is Cc1ccc(C#CCN)c(C(=O)NCCCCC(N)=O)c1. The van der Waals surface area contributed by atoms with Gasteiger partial charge in [0, 0.05) is 18.5 Å². The topological polar surface area (TPSA) is 98.2 Å². The number of benzene rings is 1. The summed E-state index contributed by atoms with van der Waals surface area (Å²) in [5.74, 6) is 5.17. The first-order chi connectivity index (χ1) is 10.0. The van der Waals surface area contributed by atoms with Crippen LogP contribution in [0.25, 0.3) is 0 Å². The van der Waals surface area contributed by atoms with Gasteiger partial charge < -0.3 is 16.8 Å². The molecular formula is C16H21N3O2. The summed E-state index contributed by atoms with van der Waals surface area (Å²) < 4.78 is 0. The number of rotatable bonds is 6. The number of nitrogens with one attached hydrogen (secondary N) is 1. The summed E-state index contributed by atoms with van der Waals surface area (Å²) in [4.78, 5) is 22.8. The van der Waals surface area contributed by atoms with Crippen LogP contribution >= 0.6 is 0 Å². The van der Waals surface area contributed by atoms with E-state index in [1.807, 2.05) is 19.1 Å². The zero-order valence-corrected chi connectivity index (χ0v) is 12.2. The molecule has 0 unspecified atom stereocenters. The van der Waals surface area contributed by atoms with Gasteiger partial charge in [0.25, 0.3) is 5.91 Å². The minimum Gasteiger partial charge on any atom is -0.370 e. The molecule has 0 fully saturated rings.